The van der Waals surface area contributed by atoms with Gasteiger partial charge in [0.2, 0.25) is 5.91 Å². The maximum Gasteiger partial charge on any atom is 0.241 e. The average molecular weight is 374 g/mol. The summed E-state index contributed by atoms with van der Waals surface area (Å²) in [5.74, 6) is -1.41. The first-order valence-corrected chi connectivity index (χ1v) is 8.53. The van der Waals surface area contributed by atoms with Crippen molar-refractivity contribution in [1.29, 1.82) is 5.26 Å². The van der Waals surface area contributed by atoms with Gasteiger partial charge in [0, 0.05) is 36.1 Å². The number of halogens is 2. The molecule has 8 heteroatoms. The predicted molar refractivity (Wildman–Crippen MR) is 94.8 cm³/mol. The van der Waals surface area contributed by atoms with Crippen molar-refractivity contribution >= 4 is 45.9 Å². The number of benzene rings is 1. The Morgan fingerprint density at radius 3 is 2.65 bits per heavy atom. The van der Waals surface area contributed by atoms with Gasteiger partial charge < -0.3 is 10.5 Å². The summed E-state index contributed by atoms with van der Waals surface area (Å²) in [4.78, 5) is 15.8. The Hall–Kier alpha value is -1.26. The molecule has 0 saturated carbocycles. The number of methoxy groups -OCH3 is 1. The van der Waals surface area contributed by atoms with Crippen molar-refractivity contribution in [2.24, 2.45) is 16.6 Å². The highest BCUT2D eigenvalue weighted by Crippen LogP contribution is 2.29. The van der Waals surface area contributed by atoms with Crippen LogP contribution in [0, 0.1) is 17.2 Å². The number of ether oxygens (including phenoxy) is 1. The van der Waals surface area contributed by atoms with Crippen LogP contribution < -0.4 is 5.73 Å². The predicted octanol–water partition coefficient (Wildman–Crippen LogP) is 3.29. The third-order valence-electron chi connectivity index (χ3n) is 2.86. The van der Waals surface area contributed by atoms with E-state index in [0.29, 0.717) is 40.4 Å². The summed E-state index contributed by atoms with van der Waals surface area (Å²) in [7, 11) is 1.60. The molecule has 0 aliphatic rings. The monoisotopic (exact) mass is 373 g/mol. The molecule has 0 fully saturated rings. The van der Waals surface area contributed by atoms with E-state index >= 15 is 0 Å². The van der Waals surface area contributed by atoms with E-state index < -0.39 is 11.8 Å². The minimum absolute atomic E-state index is 0.368. The highest BCUT2D eigenvalue weighted by Gasteiger charge is 2.22. The number of carbonyl (C=O) groups excluding carboxylic acids is 1. The second kappa shape index (κ2) is 10.5. The molecule has 1 atom stereocenters. The van der Waals surface area contributed by atoms with Crippen LogP contribution >= 0.6 is 35.0 Å². The third kappa shape index (κ3) is 6.40. The van der Waals surface area contributed by atoms with Crippen molar-refractivity contribution in [3.05, 3.63) is 33.8 Å². The van der Waals surface area contributed by atoms with Gasteiger partial charge in [-0.15, -0.1) is 11.8 Å². The van der Waals surface area contributed by atoms with E-state index in [1.807, 2.05) is 6.07 Å². The van der Waals surface area contributed by atoms with Crippen LogP contribution in [0.4, 0.5) is 0 Å². The van der Waals surface area contributed by atoms with Gasteiger partial charge in [-0.1, -0.05) is 29.3 Å². The van der Waals surface area contributed by atoms with Gasteiger partial charge in [0.25, 0.3) is 0 Å². The van der Waals surface area contributed by atoms with Gasteiger partial charge in [0.15, 0.2) is 5.92 Å². The third-order valence-corrected chi connectivity index (χ3v) is 4.66. The van der Waals surface area contributed by atoms with E-state index in [2.05, 4.69) is 4.99 Å². The number of hydrogen-bond acceptors (Lipinski definition) is 5. The first-order chi connectivity index (χ1) is 11.0. The molecule has 1 aromatic carbocycles. The number of carbonyl (C=O) groups is 1. The normalized spacial score (nSPS) is 12.7. The molecule has 1 aromatic rings. The number of nitriles is 1. The first-order valence-electron chi connectivity index (χ1n) is 6.79. The number of nitrogens with zero attached hydrogens (tertiary/aromatic N) is 2. The molecule has 0 bridgehead atoms. The fourth-order valence-corrected chi connectivity index (χ4v) is 3.49. The van der Waals surface area contributed by atoms with Crippen LogP contribution in [0.15, 0.2) is 23.2 Å². The lowest BCUT2D eigenvalue weighted by Gasteiger charge is -2.11. The maximum atomic E-state index is 11.4. The minimum atomic E-state index is -1.08. The molecular weight excluding hydrogens is 357 g/mol. The Kier molecular flexibility index (Phi) is 9.03. The second-order valence-electron chi connectivity index (χ2n) is 4.52. The summed E-state index contributed by atoms with van der Waals surface area (Å²) < 4.78 is 4.95. The minimum Gasteiger partial charge on any atom is -0.385 e. The number of primary amides is 1. The molecule has 0 radical (unpaired) electrons. The van der Waals surface area contributed by atoms with Crippen molar-refractivity contribution in [2.45, 2.75) is 12.2 Å². The summed E-state index contributed by atoms with van der Waals surface area (Å²) >= 11 is 13.5. The zero-order valence-corrected chi connectivity index (χ0v) is 14.9. The fraction of sp³-hybridized carbons (Fsp3) is 0.400. The number of thioether (sulfide) groups is 1. The molecule has 124 valence electrons. The molecule has 2 N–H and O–H groups in total. The molecule has 5 nitrogen and oxygen atoms in total. The Morgan fingerprint density at radius 1 is 1.48 bits per heavy atom. The molecule has 23 heavy (non-hydrogen) atoms. The lowest BCUT2D eigenvalue weighted by molar-refractivity contribution is -0.118. The van der Waals surface area contributed by atoms with Gasteiger partial charge >= 0.3 is 0 Å². The lowest BCUT2D eigenvalue weighted by atomic mass is 10.2. The van der Waals surface area contributed by atoms with Crippen LogP contribution in [0.3, 0.4) is 0 Å². The van der Waals surface area contributed by atoms with E-state index in [1.54, 1.807) is 25.3 Å². The molecule has 0 spiro atoms. The Balaban J connectivity index is 2.88. The van der Waals surface area contributed by atoms with Gasteiger partial charge in [0.1, 0.15) is 0 Å². The highest BCUT2D eigenvalue weighted by atomic mass is 35.5. The Labute approximate surface area is 149 Å². The topological polar surface area (TPSA) is 88.5 Å². The zero-order valence-electron chi connectivity index (χ0n) is 12.6. The van der Waals surface area contributed by atoms with Crippen LogP contribution in [0.2, 0.25) is 10.0 Å². The van der Waals surface area contributed by atoms with Crippen LogP contribution in [-0.2, 0) is 15.3 Å². The molecular formula is C15H17Cl2N3O2S. The van der Waals surface area contributed by atoms with Gasteiger partial charge in [-0.05, 0) is 24.1 Å². The summed E-state index contributed by atoms with van der Waals surface area (Å²) in [6, 6.07) is 7.10. The quantitative estimate of drug-likeness (QED) is 0.430. The zero-order chi connectivity index (χ0) is 17.2. The number of amides is 1. The molecule has 1 rings (SSSR count). The number of aliphatic imine (C=N–C) groups is 1. The van der Waals surface area contributed by atoms with Crippen LogP contribution in [0.1, 0.15) is 12.0 Å². The molecule has 0 aromatic heterocycles. The summed E-state index contributed by atoms with van der Waals surface area (Å²) in [6.07, 6.45) is 0.685. The first kappa shape index (κ1) is 19.8. The largest absolute Gasteiger partial charge is 0.385 e. The standard InChI is InChI=1S/C15H17Cl2N3O2S/c1-22-7-3-6-20-15(10(8-18)14(19)21)23-9-11-12(16)4-2-5-13(11)17/h2,4-5,10H,3,6-7,9H2,1H3,(H2,19,21). The summed E-state index contributed by atoms with van der Waals surface area (Å²) in [5, 5.41) is 10.6. The molecule has 1 unspecified atom stereocenters. The summed E-state index contributed by atoms with van der Waals surface area (Å²) in [6.45, 7) is 0.990. The van der Waals surface area contributed by atoms with Crippen molar-refractivity contribution in [1.82, 2.24) is 0 Å². The highest BCUT2D eigenvalue weighted by molar-refractivity contribution is 8.13. The van der Waals surface area contributed by atoms with Crippen molar-refractivity contribution in [3.63, 3.8) is 0 Å². The van der Waals surface area contributed by atoms with Crippen molar-refractivity contribution in [3.8, 4) is 6.07 Å². The average Bonchev–Trinajstić information content (AvgIpc) is 2.50. The van der Waals surface area contributed by atoms with E-state index in [-0.39, 0.29) is 0 Å². The molecule has 0 aliphatic carbocycles. The van der Waals surface area contributed by atoms with E-state index in [4.69, 9.17) is 38.9 Å². The van der Waals surface area contributed by atoms with E-state index in [0.717, 1.165) is 5.56 Å². The Bertz CT molecular complexity index is 597. The SMILES string of the molecule is COCCCN=C(SCc1c(Cl)cccc1Cl)C(C#N)C(N)=O. The number of hydrogen-bond donors (Lipinski definition) is 1. The summed E-state index contributed by atoms with van der Waals surface area (Å²) in [5.41, 5.74) is 6.00. The van der Waals surface area contributed by atoms with Crippen LogP contribution in [0.25, 0.3) is 0 Å². The van der Waals surface area contributed by atoms with Gasteiger partial charge in [0.05, 0.1) is 11.1 Å². The van der Waals surface area contributed by atoms with Crippen molar-refractivity contribution in [2.75, 3.05) is 20.3 Å². The maximum absolute atomic E-state index is 11.4. The van der Waals surface area contributed by atoms with Gasteiger partial charge in [-0.2, -0.15) is 5.26 Å². The number of nitrogens with two attached hydrogens (primary N) is 1. The van der Waals surface area contributed by atoms with Gasteiger partial charge in [-0.3, -0.25) is 9.79 Å². The van der Waals surface area contributed by atoms with Crippen LogP contribution in [0.5, 0.6) is 0 Å². The molecule has 0 aliphatic heterocycles. The van der Waals surface area contributed by atoms with E-state index in [1.165, 1.54) is 11.8 Å². The van der Waals surface area contributed by atoms with E-state index in [9.17, 15) is 4.79 Å². The smallest absolute Gasteiger partial charge is 0.241 e. The second-order valence-corrected chi connectivity index (χ2v) is 6.33. The van der Waals surface area contributed by atoms with Gasteiger partial charge in [-0.25, -0.2) is 0 Å². The molecule has 1 amide bonds. The van der Waals surface area contributed by atoms with Crippen LogP contribution in [-0.4, -0.2) is 31.2 Å². The number of rotatable bonds is 8. The Morgan fingerprint density at radius 2 is 2.13 bits per heavy atom. The molecule has 0 heterocycles. The fourth-order valence-electron chi connectivity index (χ4n) is 1.68. The lowest BCUT2D eigenvalue weighted by Crippen LogP contribution is -2.28. The molecule has 0 saturated heterocycles. The van der Waals surface area contributed by atoms with Crippen molar-refractivity contribution < 1.29 is 9.53 Å².